The van der Waals surface area contributed by atoms with Crippen molar-refractivity contribution in [3.8, 4) is 0 Å². The number of carbonyl (C=O) groups is 3. The van der Waals surface area contributed by atoms with Gasteiger partial charge in [-0.25, -0.2) is 0 Å². The first-order valence-electron chi connectivity index (χ1n) is 34.3. The average molecular weight is 1090 g/mol. The second-order valence-electron chi connectivity index (χ2n) is 23.1. The van der Waals surface area contributed by atoms with Crippen molar-refractivity contribution in [2.75, 3.05) is 13.2 Å². The number of hydrogen-bond acceptors (Lipinski definition) is 6. The van der Waals surface area contributed by atoms with Crippen LogP contribution in [0.4, 0.5) is 0 Å². The molecular weight excluding hydrogens is 961 g/mol. The number of ether oxygens (including phenoxy) is 3. The summed E-state index contributed by atoms with van der Waals surface area (Å²) in [6, 6.07) is 0. The van der Waals surface area contributed by atoms with Gasteiger partial charge >= 0.3 is 17.9 Å². The third kappa shape index (κ3) is 63.9. The predicted molar refractivity (Wildman–Crippen MR) is 339 cm³/mol. The molecule has 6 nitrogen and oxygen atoms in total. The highest BCUT2D eigenvalue weighted by atomic mass is 16.6. The molecule has 0 radical (unpaired) electrons. The normalized spacial score (nSPS) is 12.4. The van der Waals surface area contributed by atoms with Crippen molar-refractivity contribution in [3.63, 3.8) is 0 Å². The second-order valence-corrected chi connectivity index (χ2v) is 23.1. The van der Waals surface area contributed by atoms with E-state index in [1.807, 2.05) is 0 Å². The van der Waals surface area contributed by atoms with Gasteiger partial charge in [0, 0.05) is 19.3 Å². The van der Waals surface area contributed by atoms with Gasteiger partial charge < -0.3 is 14.2 Å². The van der Waals surface area contributed by atoms with Crippen molar-refractivity contribution in [2.45, 2.75) is 367 Å². The molecule has 0 aromatic rings. The Kier molecular flexibility index (Phi) is 64.2. The lowest BCUT2D eigenvalue weighted by molar-refractivity contribution is -0.167. The minimum atomic E-state index is -0.782. The lowest BCUT2D eigenvalue weighted by Gasteiger charge is -2.18. The molecule has 78 heavy (non-hydrogen) atoms. The predicted octanol–water partition coefficient (Wildman–Crippen LogP) is 23.5. The Morgan fingerprint density at radius 2 is 0.500 bits per heavy atom. The number of allylic oxidation sites excluding steroid dienone is 10. The summed E-state index contributed by atoms with van der Waals surface area (Å²) in [7, 11) is 0. The fourth-order valence-corrected chi connectivity index (χ4v) is 10.1. The van der Waals surface area contributed by atoms with Gasteiger partial charge in [0.25, 0.3) is 0 Å². The molecule has 0 rings (SSSR count). The quantitative estimate of drug-likeness (QED) is 0.0261. The van der Waals surface area contributed by atoms with Gasteiger partial charge in [-0.1, -0.05) is 319 Å². The highest BCUT2D eigenvalue weighted by Crippen LogP contribution is 2.18. The molecule has 0 aliphatic carbocycles. The maximum atomic E-state index is 12.9. The van der Waals surface area contributed by atoms with Crippen LogP contribution in [0, 0.1) is 0 Å². The van der Waals surface area contributed by atoms with Crippen LogP contribution in [0.1, 0.15) is 361 Å². The highest BCUT2D eigenvalue weighted by molar-refractivity contribution is 5.71. The first-order chi connectivity index (χ1) is 38.5. The lowest BCUT2D eigenvalue weighted by atomic mass is 10.0. The topological polar surface area (TPSA) is 78.9 Å². The van der Waals surface area contributed by atoms with Crippen LogP contribution in [-0.4, -0.2) is 37.2 Å². The van der Waals surface area contributed by atoms with Crippen LogP contribution < -0.4 is 0 Å². The Balaban J connectivity index is 4.22. The summed E-state index contributed by atoms with van der Waals surface area (Å²) in [4.78, 5) is 38.3. The standard InChI is InChI=1S/C72H130O6/c1-4-7-10-13-16-19-22-25-27-29-31-33-34-35-36-37-38-40-41-43-45-47-50-53-56-59-62-65-71(74)77-68-69(67-76-70(73)64-61-58-55-52-49-24-21-18-15-12-9-6-3)78-72(75)66-63-60-57-54-51-48-46-44-42-39-32-30-28-26-23-20-17-14-11-8-5-2/h8,11,17-18,20-21,26,28,32,39,69H,4-7,9-10,12-16,19,22-25,27,29-31,33-38,40-68H2,1-3H3/b11-8-,20-17-,21-18-,28-26-,39-32-. The van der Waals surface area contributed by atoms with E-state index >= 15 is 0 Å². The molecule has 0 fully saturated rings. The number of esters is 3. The Morgan fingerprint density at radius 3 is 0.821 bits per heavy atom. The zero-order valence-corrected chi connectivity index (χ0v) is 52.2. The molecule has 0 aromatic carbocycles. The molecule has 454 valence electrons. The van der Waals surface area contributed by atoms with Gasteiger partial charge in [-0.3, -0.25) is 14.4 Å². The van der Waals surface area contributed by atoms with Crippen molar-refractivity contribution in [3.05, 3.63) is 60.8 Å². The molecule has 6 heteroatoms. The first kappa shape index (κ1) is 75.1. The van der Waals surface area contributed by atoms with Gasteiger partial charge in [-0.15, -0.1) is 0 Å². The molecule has 0 aliphatic heterocycles. The third-order valence-corrected chi connectivity index (χ3v) is 15.3. The van der Waals surface area contributed by atoms with E-state index < -0.39 is 6.10 Å². The van der Waals surface area contributed by atoms with Gasteiger partial charge in [-0.05, 0) is 83.5 Å². The minimum Gasteiger partial charge on any atom is -0.462 e. The van der Waals surface area contributed by atoms with Crippen LogP contribution in [-0.2, 0) is 28.6 Å². The SMILES string of the molecule is CC/C=C\C/C=C\C/C=C\C/C=C\CCCCCCCCCCC(=O)OC(COC(=O)CCCCCCC/C=C\CCCCC)COC(=O)CCCCCCCCCCCCCCCCCCCCCCCCCCCCC. The van der Waals surface area contributed by atoms with Gasteiger partial charge in [0.2, 0.25) is 0 Å². The van der Waals surface area contributed by atoms with E-state index in [9.17, 15) is 14.4 Å². The van der Waals surface area contributed by atoms with Gasteiger partial charge in [0.05, 0.1) is 0 Å². The van der Waals surface area contributed by atoms with Crippen LogP contribution in [0.3, 0.4) is 0 Å². The Hall–Kier alpha value is -2.89. The van der Waals surface area contributed by atoms with E-state index in [0.717, 1.165) is 96.3 Å². The van der Waals surface area contributed by atoms with E-state index in [0.29, 0.717) is 19.3 Å². The minimum absolute atomic E-state index is 0.0767. The smallest absolute Gasteiger partial charge is 0.306 e. The highest BCUT2D eigenvalue weighted by Gasteiger charge is 2.19. The van der Waals surface area contributed by atoms with Crippen molar-refractivity contribution in [1.82, 2.24) is 0 Å². The molecule has 0 saturated carbocycles. The Bertz CT molecular complexity index is 1390. The van der Waals surface area contributed by atoms with Crippen molar-refractivity contribution >= 4 is 17.9 Å². The molecule has 0 saturated heterocycles. The number of carbonyl (C=O) groups excluding carboxylic acids is 3. The van der Waals surface area contributed by atoms with Gasteiger partial charge in [0.15, 0.2) is 6.10 Å². The largest absolute Gasteiger partial charge is 0.462 e. The van der Waals surface area contributed by atoms with Crippen molar-refractivity contribution < 1.29 is 28.6 Å². The maximum Gasteiger partial charge on any atom is 0.306 e. The van der Waals surface area contributed by atoms with E-state index in [4.69, 9.17) is 14.2 Å². The second kappa shape index (κ2) is 66.6. The number of rotatable bonds is 63. The fraction of sp³-hybridized carbons (Fsp3) is 0.819. The molecular formula is C72H130O6. The summed E-state index contributed by atoms with van der Waals surface area (Å²) in [6.45, 7) is 6.55. The average Bonchev–Trinajstić information content (AvgIpc) is 3.44. The summed E-state index contributed by atoms with van der Waals surface area (Å²) in [5.74, 6) is -0.874. The monoisotopic (exact) mass is 1090 g/mol. The number of hydrogen-bond donors (Lipinski definition) is 0. The molecule has 1 unspecified atom stereocenters. The lowest BCUT2D eigenvalue weighted by Crippen LogP contribution is -2.30. The zero-order chi connectivity index (χ0) is 56.4. The van der Waals surface area contributed by atoms with Gasteiger partial charge in [0.1, 0.15) is 13.2 Å². The summed E-state index contributed by atoms with van der Waals surface area (Å²) in [5.41, 5.74) is 0. The first-order valence-corrected chi connectivity index (χ1v) is 34.3. The van der Waals surface area contributed by atoms with Crippen LogP contribution in [0.5, 0.6) is 0 Å². The Labute approximate surface area is 485 Å². The number of unbranched alkanes of at least 4 members (excludes halogenated alkanes) is 42. The van der Waals surface area contributed by atoms with Crippen LogP contribution >= 0.6 is 0 Å². The van der Waals surface area contributed by atoms with Crippen molar-refractivity contribution in [1.29, 1.82) is 0 Å². The molecule has 0 N–H and O–H groups in total. The molecule has 0 bridgehead atoms. The van der Waals surface area contributed by atoms with E-state index in [1.54, 1.807) is 0 Å². The van der Waals surface area contributed by atoms with E-state index in [-0.39, 0.29) is 31.1 Å². The van der Waals surface area contributed by atoms with Crippen LogP contribution in [0.25, 0.3) is 0 Å². The summed E-state index contributed by atoms with van der Waals surface area (Å²) >= 11 is 0. The molecule has 0 amide bonds. The maximum absolute atomic E-state index is 12.9. The van der Waals surface area contributed by atoms with E-state index in [1.165, 1.54) is 225 Å². The van der Waals surface area contributed by atoms with Crippen molar-refractivity contribution in [2.24, 2.45) is 0 Å². The summed E-state index contributed by atoms with van der Waals surface area (Å²) < 4.78 is 16.9. The zero-order valence-electron chi connectivity index (χ0n) is 52.2. The summed E-state index contributed by atoms with van der Waals surface area (Å²) in [5, 5.41) is 0. The molecule has 1 atom stereocenters. The Morgan fingerprint density at radius 1 is 0.269 bits per heavy atom. The van der Waals surface area contributed by atoms with Crippen LogP contribution in [0.15, 0.2) is 60.8 Å². The van der Waals surface area contributed by atoms with Crippen LogP contribution in [0.2, 0.25) is 0 Å². The summed E-state index contributed by atoms with van der Waals surface area (Å²) in [6.07, 6.45) is 85.4. The molecule has 0 heterocycles. The van der Waals surface area contributed by atoms with E-state index in [2.05, 4.69) is 81.5 Å². The van der Waals surface area contributed by atoms with Gasteiger partial charge in [-0.2, -0.15) is 0 Å². The third-order valence-electron chi connectivity index (χ3n) is 15.3. The fourth-order valence-electron chi connectivity index (χ4n) is 10.1. The molecule has 0 aliphatic rings. The molecule has 0 spiro atoms. The molecule has 0 aromatic heterocycles.